The van der Waals surface area contributed by atoms with Crippen LogP contribution in [-0.2, 0) is 29.0 Å². The predicted octanol–water partition coefficient (Wildman–Crippen LogP) is 4.35. The highest BCUT2D eigenvalue weighted by Gasteiger charge is 2.19. The maximum absolute atomic E-state index is 12.5. The minimum absolute atomic E-state index is 0.0240. The van der Waals surface area contributed by atoms with E-state index in [2.05, 4.69) is 10.2 Å². The van der Waals surface area contributed by atoms with E-state index in [1.165, 1.54) is 38.9 Å². The number of ketones is 1. The topological polar surface area (TPSA) is 110 Å². The molecule has 0 unspecified atom stereocenters. The van der Waals surface area contributed by atoms with Crippen molar-refractivity contribution in [2.24, 2.45) is 0 Å². The number of ether oxygens (including phenoxy) is 4. The van der Waals surface area contributed by atoms with Gasteiger partial charge in [0.15, 0.2) is 23.9 Å². The molecular weight excluding hydrogens is 452 g/mol. The van der Waals surface area contributed by atoms with Crippen LogP contribution in [0.4, 0.5) is 0 Å². The highest BCUT2D eigenvalue weighted by atomic mass is 16.5. The summed E-state index contributed by atoms with van der Waals surface area (Å²) in [6.45, 7) is -0.191. The molecule has 1 aromatic heterocycles. The number of esters is 1. The van der Waals surface area contributed by atoms with E-state index in [-0.39, 0.29) is 37.0 Å². The number of Topliss-reactive ketones (excluding diaryl/α,β-unsaturated/α-hetero) is 1. The number of aryl methyl sites for hydroxylation is 2. The van der Waals surface area contributed by atoms with Crippen LogP contribution in [0.2, 0.25) is 0 Å². The zero-order chi connectivity index (χ0) is 24.8. The van der Waals surface area contributed by atoms with E-state index in [0.717, 1.165) is 19.3 Å². The molecule has 0 bridgehead atoms. The Kier molecular flexibility index (Phi) is 7.64. The summed E-state index contributed by atoms with van der Waals surface area (Å²) in [4.78, 5) is 24.7. The van der Waals surface area contributed by atoms with Crippen molar-refractivity contribution in [3.63, 3.8) is 0 Å². The standard InChI is InChI=1S/C26H28N2O7/c1-31-21-13-19(14-22(32-2)25(21)33-3)26-28-27-23(35-26)15-34-24(30)11-10-20(29)18-9-8-16-6-4-5-7-17(16)12-18/h8-9,12-14H,4-7,10-11,15H2,1-3H3. The van der Waals surface area contributed by atoms with Crippen LogP contribution in [0.25, 0.3) is 11.5 Å². The fourth-order valence-electron chi connectivity index (χ4n) is 4.11. The third-order valence-corrected chi connectivity index (χ3v) is 5.96. The van der Waals surface area contributed by atoms with Gasteiger partial charge in [-0.25, -0.2) is 0 Å². The predicted molar refractivity (Wildman–Crippen MR) is 126 cm³/mol. The third-order valence-electron chi connectivity index (χ3n) is 5.96. The molecule has 0 saturated carbocycles. The normalized spacial score (nSPS) is 12.5. The SMILES string of the molecule is COc1cc(-c2nnc(COC(=O)CCC(=O)c3ccc4c(c3)CCCC4)o2)cc(OC)c1OC. The van der Waals surface area contributed by atoms with E-state index < -0.39 is 5.97 Å². The Hall–Kier alpha value is -3.88. The van der Waals surface area contributed by atoms with Gasteiger partial charge in [-0.2, -0.15) is 0 Å². The monoisotopic (exact) mass is 480 g/mol. The van der Waals surface area contributed by atoms with Crippen LogP contribution in [0.5, 0.6) is 17.2 Å². The lowest BCUT2D eigenvalue weighted by Crippen LogP contribution is -2.10. The summed E-state index contributed by atoms with van der Waals surface area (Å²) in [6.07, 6.45) is 4.46. The molecule has 184 valence electrons. The Labute approximate surface area is 203 Å². The van der Waals surface area contributed by atoms with Gasteiger partial charge in [0.2, 0.25) is 11.6 Å². The van der Waals surface area contributed by atoms with Crippen molar-refractivity contribution in [3.05, 3.63) is 52.9 Å². The van der Waals surface area contributed by atoms with Gasteiger partial charge in [-0.15, -0.1) is 10.2 Å². The van der Waals surface area contributed by atoms with Crippen molar-refractivity contribution in [2.75, 3.05) is 21.3 Å². The first-order chi connectivity index (χ1) is 17.0. The lowest BCUT2D eigenvalue weighted by Gasteiger charge is -2.16. The zero-order valence-corrected chi connectivity index (χ0v) is 20.1. The van der Waals surface area contributed by atoms with Crippen LogP contribution >= 0.6 is 0 Å². The van der Waals surface area contributed by atoms with E-state index in [9.17, 15) is 9.59 Å². The minimum atomic E-state index is -0.510. The summed E-state index contributed by atoms with van der Waals surface area (Å²) in [5.74, 6) is 1.08. The molecule has 0 fully saturated rings. The summed E-state index contributed by atoms with van der Waals surface area (Å²) >= 11 is 0. The minimum Gasteiger partial charge on any atom is -0.493 e. The first-order valence-corrected chi connectivity index (χ1v) is 11.5. The van der Waals surface area contributed by atoms with E-state index in [4.69, 9.17) is 23.4 Å². The molecule has 0 atom stereocenters. The van der Waals surface area contributed by atoms with E-state index in [1.54, 1.807) is 12.1 Å². The smallest absolute Gasteiger partial charge is 0.306 e. The van der Waals surface area contributed by atoms with Crippen molar-refractivity contribution in [1.82, 2.24) is 10.2 Å². The largest absolute Gasteiger partial charge is 0.493 e. The summed E-state index contributed by atoms with van der Waals surface area (Å²) in [7, 11) is 4.53. The summed E-state index contributed by atoms with van der Waals surface area (Å²) < 4.78 is 26.8. The zero-order valence-electron chi connectivity index (χ0n) is 20.1. The summed E-state index contributed by atoms with van der Waals surface area (Å²) in [5.41, 5.74) is 3.76. The van der Waals surface area contributed by atoms with Crippen molar-refractivity contribution in [3.8, 4) is 28.7 Å². The molecule has 35 heavy (non-hydrogen) atoms. The van der Waals surface area contributed by atoms with E-state index >= 15 is 0 Å². The molecule has 9 heteroatoms. The molecule has 0 aliphatic heterocycles. The Morgan fingerprint density at radius 3 is 2.29 bits per heavy atom. The van der Waals surface area contributed by atoms with Crippen molar-refractivity contribution < 1.29 is 33.0 Å². The van der Waals surface area contributed by atoms with Gasteiger partial charge in [0.05, 0.1) is 27.8 Å². The number of hydrogen-bond acceptors (Lipinski definition) is 9. The maximum atomic E-state index is 12.5. The van der Waals surface area contributed by atoms with Crippen molar-refractivity contribution >= 4 is 11.8 Å². The Balaban J connectivity index is 1.32. The lowest BCUT2D eigenvalue weighted by atomic mass is 9.89. The van der Waals surface area contributed by atoms with Gasteiger partial charge in [-0.1, -0.05) is 12.1 Å². The second-order valence-corrected chi connectivity index (χ2v) is 8.19. The number of nitrogens with zero attached hydrogens (tertiary/aromatic N) is 2. The first kappa shape index (κ1) is 24.3. The molecule has 0 amide bonds. The van der Waals surface area contributed by atoms with Gasteiger partial charge < -0.3 is 23.4 Å². The number of aromatic nitrogens is 2. The molecule has 9 nitrogen and oxygen atoms in total. The van der Waals surface area contributed by atoms with Crippen LogP contribution in [0.3, 0.4) is 0 Å². The number of carbonyl (C=O) groups is 2. The van der Waals surface area contributed by atoms with E-state index in [1.807, 2.05) is 18.2 Å². The second-order valence-electron chi connectivity index (χ2n) is 8.19. The van der Waals surface area contributed by atoms with Gasteiger partial charge >= 0.3 is 5.97 Å². The molecule has 1 heterocycles. The molecule has 3 aromatic rings. The molecule has 2 aromatic carbocycles. The van der Waals surface area contributed by atoms with Gasteiger partial charge in [0.1, 0.15) is 0 Å². The van der Waals surface area contributed by atoms with E-state index in [0.29, 0.717) is 28.4 Å². The highest BCUT2D eigenvalue weighted by Crippen LogP contribution is 2.40. The molecule has 1 aliphatic rings. The molecule has 0 radical (unpaired) electrons. The Morgan fingerprint density at radius 1 is 0.886 bits per heavy atom. The van der Waals surface area contributed by atoms with Gasteiger partial charge in [0, 0.05) is 17.5 Å². The van der Waals surface area contributed by atoms with Crippen LogP contribution in [-0.4, -0.2) is 43.3 Å². The van der Waals surface area contributed by atoms with Crippen LogP contribution < -0.4 is 14.2 Å². The number of hydrogen-bond donors (Lipinski definition) is 0. The van der Waals surface area contributed by atoms with Gasteiger partial charge in [-0.05, 0) is 55.0 Å². The quantitative estimate of drug-likeness (QED) is 0.309. The fourth-order valence-corrected chi connectivity index (χ4v) is 4.11. The number of methoxy groups -OCH3 is 3. The molecular formula is C26H28N2O7. The lowest BCUT2D eigenvalue weighted by molar-refractivity contribution is -0.145. The molecule has 4 rings (SSSR count). The molecule has 1 aliphatic carbocycles. The van der Waals surface area contributed by atoms with Crippen molar-refractivity contribution in [1.29, 1.82) is 0 Å². The van der Waals surface area contributed by atoms with Crippen LogP contribution in [0.1, 0.15) is 53.1 Å². The number of fused-ring (bicyclic) bond motifs is 1. The van der Waals surface area contributed by atoms with Gasteiger partial charge in [0.25, 0.3) is 5.89 Å². The summed E-state index contributed by atoms with van der Waals surface area (Å²) in [6, 6.07) is 9.20. The highest BCUT2D eigenvalue weighted by molar-refractivity contribution is 5.97. The Bertz CT molecular complexity index is 1190. The van der Waals surface area contributed by atoms with Gasteiger partial charge in [-0.3, -0.25) is 9.59 Å². The maximum Gasteiger partial charge on any atom is 0.306 e. The first-order valence-electron chi connectivity index (χ1n) is 11.5. The number of rotatable bonds is 10. The molecule has 0 saturated heterocycles. The molecule has 0 N–H and O–H groups in total. The van der Waals surface area contributed by atoms with Crippen LogP contribution in [0.15, 0.2) is 34.7 Å². The Morgan fingerprint density at radius 2 is 1.60 bits per heavy atom. The molecule has 0 spiro atoms. The number of benzene rings is 2. The second kappa shape index (κ2) is 11.0. The van der Waals surface area contributed by atoms with Crippen molar-refractivity contribution in [2.45, 2.75) is 45.1 Å². The number of carbonyl (C=O) groups excluding carboxylic acids is 2. The average Bonchev–Trinajstić information content (AvgIpc) is 3.38. The summed E-state index contributed by atoms with van der Waals surface area (Å²) in [5, 5.41) is 7.93. The third kappa shape index (κ3) is 5.62. The van der Waals surface area contributed by atoms with Crippen LogP contribution in [0, 0.1) is 0 Å². The fraction of sp³-hybridized carbons (Fsp3) is 0.385. The average molecular weight is 481 g/mol.